The SMILES string of the molecule is CO[C@H]1O[C@H](COS(=O)(=O)O)[C@@H](S[C@@H]2O[C@H](C(=O)O)[C@@H](O[C@H]3O[C@H](COS(=O)(=O)O)[C@@H](O)[C@H](O)[C@H]3NS(=O)(=O)O)[C@H](O)[C@H]2O)[C@H](O)[C@H]1NS(=O)(=O)O. The van der Waals surface area contributed by atoms with Crippen LogP contribution in [0.2, 0.25) is 0 Å². The van der Waals surface area contributed by atoms with E-state index in [2.05, 4.69) is 8.37 Å². The number of rotatable bonds is 16. The highest BCUT2D eigenvalue weighted by Crippen LogP contribution is 2.39. The van der Waals surface area contributed by atoms with Crippen molar-refractivity contribution in [1.29, 1.82) is 0 Å². The number of aliphatic carboxylic acids is 1. The number of ether oxygens (including phenoxy) is 5. The summed E-state index contributed by atoms with van der Waals surface area (Å²) in [6, 6.07) is -4.19. The largest absolute Gasteiger partial charge is 0.479 e. The molecule has 3 heterocycles. The van der Waals surface area contributed by atoms with Gasteiger partial charge in [-0.2, -0.15) is 43.1 Å². The Bertz CT molecular complexity index is 1680. The van der Waals surface area contributed by atoms with Crippen molar-refractivity contribution >= 4 is 59.1 Å². The summed E-state index contributed by atoms with van der Waals surface area (Å²) >= 11 is 0.169. The maximum absolute atomic E-state index is 12.3. The van der Waals surface area contributed by atoms with Crippen LogP contribution < -0.4 is 9.44 Å². The first-order valence-electron chi connectivity index (χ1n) is 13.8. The molecule has 3 rings (SSSR count). The van der Waals surface area contributed by atoms with Crippen LogP contribution in [-0.2, 0) is 78.3 Å². The van der Waals surface area contributed by atoms with Gasteiger partial charge >= 0.3 is 47.4 Å². The maximum atomic E-state index is 12.3. The number of aliphatic hydroxyl groups excluding tert-OH is 5. The number of thioether (sulfide) groups is 1. The predicted octanol–water partition coefficient (Wildman–Crippen LogP) is -7.66. The molecule has 306 valence electrons. The quantitative estimate of drug-likeness (QED) is 0.0641. The summed E-state index contributed by atoms with van der Waals surface area (Å²) in [4.78, 5) is 12.3. The lowest BCUT2D eigenvalue weighted by molar-refractivity contribution is -0.312. The summed E-state index contributed by atoms with van der Waals surface area (Å²) in [6.45, 7) is -2.43. The Morgan fingerprint density at radius 3 is 1.62 bits per heavy atom. The highest BCUT2D eigenvalue weighted by Gasteiger charge is 2.56. The Morgan fingerprint density at radius 1 is 0.673 bits per heavy atom. The molecule has 0 spiro atoms. The molecule has 3 fully saturated rings. The van der Waals surface area contributed by atoms with E-state index in [1.54, 1.807) is 4.72 Å². The minimum absolute atomic E-state index is 0.169. The molecule has 0 amide bonds. The first-order valence-corrected chi connectivity index (χ1v) is 20.3. The Morgan fingerprint density at radius 2 is 1.15 bits per heavy atom. The highest BCUT2D eigenvalue weighted by molar-refractivity contribution is 8.00. The summed E-state index contributed by atoms with van der Waals surface area (Å²) in [6.07, 6.45) is -24.3. The first-order chi connectivity index (χ1) is 23.6. The van der Waals surface area contributed by atoms with Gasteiger partial charge in [0, 0.05) is 7.11 Å². The third-order valence-electron chi connectivity index (χ3n) is 7.31. The monoisotopic (exact) mass is 866 g/mol. The van der Waals surface area contributed by atoms with Gasteiger partial charge in [-0.15, -0.1) is 11.8 Å². The molecule has 0 aromatic heterocycles. The van der Waals surface area contributed by atoms with Crippen molar-refractivity contribution in [2.45, 2.75) is 90.3 Å². The fraction of sp³-hybridized carbons (Fsp3) is 0.947. The fourth-order valence-electron chi connectivity index (χ4n) is 5.12. The summed E-state index contributed by atoms with van der Waals surface area (Å²) in [7, 11) is -19.9. The van der Waals surface area contributed by atoms with Crippen LogP contribution in [0.15, 0.2) is 0 Å². The van der Waals surface area contributed by atoms with Crippen molar-refractivity contribution in [2.75, 3.05) is 20.3 Å². The van der Waals surface area contributed by atoms with E-state index in [9.17, 15) is 78.2 Å². The number of methoxy groups -OCH3 is 1. The second-order valence-electron chi connectivity index (χ2n) is 10.9. The Balaban J connectivity index is 1.95. The van der Waals surface area contributed by atoms with Gasteiger partial charge in [-0.25, -0.2) is 13.2 Å². The van der Waals surface area contributed by atoms with Gasteiger partial charge < -0.3 is 54.3 Å². The van der Waals surface area contributed by atoms with E-state index >= 15 is 0 Å². The van der Waals surface area contributed by atoms with Crippen LogP contribution in [-0.4, -0.2) is 199 Å². The summed E-state index contributed by atoms with van der Waals surface area (Å²) in [5, 5.41) is 62.1. The maximum Gasteiger partial charge on any atom is 0.397 e. The number of aliphatic hydroxyl groups is 5. The number of carboxylic acid groups (broad SMARTS) is 1. The molecule has 3 aliphatic heterocycles. The molecule has 0 bridgehead atoms. The molecule has 0 aromatic rings. The number of carbonyl (C=O) groups is 1. The Hall–Kier alpha value is -1.10. The van der Waals surface area contributed by atoms with E-state index in [4.69, 9.17) is 32.8 Å². The molecule has 0 aliphatic carbocycles. The molecular formula is C19H34N2O26S5. The molecular weight excluding hydrogens is 833 g/mol. The van der Waals surface area contributed by atoms with Gasteiger partial charge in [0.25, 0.3) is 0 Å². The van der Waals surface area contributed by atoms with Crippen LogP contribution in [0.1, 0.15) is 0 Å². The molecule has 15 atom stereocenters. The van der Waals surface area contributed by atoms with Crippen LogP contribution in [0.3, 0.4) is 0 Å². The van der Waals surface area contributed by atoms with Crippen molar-refractivity contribution in [1.82, 2.24) is 9.44 Å². The lowest BCUT2D eigenvalue weighted by atomic mass is 9.96. The van der Waals surface area contributed by atoms with Crippen molar-refractivity contribution in [3.63, 3.8) is 0 Å². The average Bonchev–Trinajstić information content (AvgIpc) is 2.98. The Kier molecular flexibility index (Phi) is 15.1. The van der Waals surface area contributed by atoms with E-state index in [0.717, 1.165) is 7.11 Å². The van der Waals surface area contributed by atoms with Crippen molar-refractivity contribution < 1.29 is 119 Å². The zero-order valence-electron chi connectivity index (χ0n) is 25.6. The summed E-state index contributed by atoms with van der Waals surface area (Å²) < 4.78 is 165. The van der Waals surface area contributed by atoms with E-state index in [1.165, 1.54) is 4.72 Å². The van der Waals surface area contributed by atoms with Crippen LogP contribution >= 0.6 is 11.8 Å². The van der Waals surface area contributed by atoms with Crippen LogP contribution in [0.5, 0.6) is 0 Å². The zero-order valence-corrected chi connectivity index (χ0v) is 29.7. The molecule has 3 aliphatic rings. The van der Waals surface area contributed by atoms with E-state index in [0.29, 0.717) is 0 Å². The van der Waals surface area contributed by atoms with Gasteiger partial charge in [-0.3, -0.25) is 18.2 Å². The first kappa shape index (κ1) is 45.3. The molecule has 52 heavy (non-hydrogen) atoms. The molecule has 0 saturated carbocycles. The van der Waals surface area contributed by atoms with Gasteiger partial charge in [-0.1, -0.05) is 0 Å². The van der Waals surface area contributed by atoms with Crippen LogP contribution in [0.4, 0.5) is 0 Å². The lowest BCUT2D eigenvalue weighted by Crippen LogP contribution is -2.68. The van der Waals surface area contributed by atoms with Crippen LogP contribution in [0.25, 0.3) is 0 Å². The van der Waals surface area contributed by atoms with Gasteiger partial charge in [0.15, 0.2) is 18.7 Å². The van der Waals surface area contributed by atoms with Gasteiger partial charge in [0.2, 0.25) is 0 Å². The molecule has 12 N–H and O–H groups in total. The summed E-state index contributed by atoms with van der Waals surface area (Å²) in [5.41, 5.74) is -2.03. The average molecular weight is 867 g/mol. The number of nitrogens with one attached hydrogen (secondary N) is 2. The fourth-order valence-corrected chi connectivity index (χ4v) is 8.38. The number of hydrogen-bond donors (Lipinski definition) is 12. The predicted molar refractivity (Wildman–Crippen MR) is 159 cm³/mol. The molecule has 0 aromatic carbocycles. The zero-order chi connectivity index (χ0) is 39.7. The van der Waals surface area contributed by atoms with E-state index in [-0.39, 0.29) is 11.8 Å². The highest BCUT2D eigenvalue weighted by atomic mass is 32.3. The molecule has 3 saturated heterocycles. The third kappa shape index (κ3) is 12.5. The second-order valence-corrected chi connectivity index (χ2v) is 16.7. The molecule has 0 unspecified atom stereocenters. The molecule has 33 heteroatoms. The van der Waals surface area contributed by atoms with Crippen LogP contribution in [0, 0.1) is 0 Å². The summed E-state index contributed by atoms with van der Waals surface area (Å²) in [5.74, 6) is -2.00. The smallest absolute Gasteiger partial charge is 0.397 e. The minimum Gasteiger partial charge on any atom is -0.479 e. The topological polar surface area (TPSA) is 445 Å². The third-order valence-corrected chi connectivity index (χ3v) is 10.9. The molecule has 28 nitrogen and oxygen atoms in total. The normalized spacial score (nSPS) is 39.6. The van der Waals surface area contributed by atoms with Gasteiger partial charge in [-0.05, 0) is 0 Å². The molecule has 0 radical (unpaired) electrons. The van der Waals surface area contributed by atoms with Gasteiger partial charge in [0.1, 0.15) is 60.2 Å². The van der Waals surface area contributed by atoms with Crippen molar-refractivity contribution in [3.05, 3.63) is 0 Å². The standard InChI is InChI=1S/C19H34N2O26S5/c1-41-17-7(21-50(32,33)34)10(24)15(5(45-17)3-43-52(38,39)40)48-19-12(26)11(25)13(14(47-19)16(27)28)46-18-6(20-49(29,30)31)9(23)8(22)4(44-18)2-42-51(35,36)37/h4-15,17-26H,2-3H2,1H3,(H,27,28)(H,29,30,31)(H,32,33,34)(H,35,36,37)(H,38,39,40)/t4-,5-,6-,7-,8-,9-,10-,11-,12-,13+,14+,15-,17+,18-,19+/m1/s1. The number of hydrogen-bond acceptors (Lipinski definition) is 22. The van der Waals surface area contributed by atoms with E-state index in [1.807, 2.05) is 0 Å². The number of carboxylic acids is 1. The van der Waals surface area contributed by atoms with Crippen molar-refractivity contribution in [2.24, 2.45) is 0 Å². The Labute approximate surface area is 297 Å². The van der Waals surface area contributed by atoms with E-state index < -0.39 is 151 Å². The van der Waals surface area contributed by atoms with Crippen molar-refractivity contribution in [3.8, 4) is 0 Å². The minimum atomic E-state index is -5.31. The lowest BCUT2D eigenvalue weighted by Gasteiger charge is -2.48. The second kappa shape index (κ2) is 17.4. The van der Waals surface area contributed by atoms with Gasteiger partial charge in [0.05, 0.1) is 24.6 Å².